The number of carboxylic acids is 1. The highest BCUT2D eigenvalue weighted by Crippen LogP contribution is 2.35. The van der Waals surface area contributed by atoms with Crippen molar-refractivity contribution in [3.8, 4) is 0 Å². The summed E-state index contributed by atoms with van der Waals surface area (Å²) >= 11 is 0. The number of nitrogens with zero attached hydrogens (tertiary/aromatic N) is 1. The third kappa shape index (κ3) is 2.65. The first-order chi connectivity index (χ1) is 8.13. The van der Waals surface area contributed by atoms with Crippen molar-refractivity contribution >= 4 is 5.97 Å². The molecule has 2 aliphatic rings. The van der Waals surface area contributed by atoms with E-state index in [9.17, 15) is 9.90 Å². The van der Waals surface area contributed by atoms with Gasteiger partial charge in [-0.05, 0) is 38.6 Å². The first kappa shape index (κ1) is 12.9. The quantitative estimate of drug-likeness (QED) is 0.823. The van der Waals surface area contributed by atoms with Gasteiger partial charge in [0.05, 0.1) is 5.92 Å². The molecule has 0 bridgehead atoms. The summed E-state index contributed by atoms with van der Waals surface area (Å²) < 4.78 is 0. The number of hydrogen-bond donors (Lipinski definition) is 1. The minimum absolute atomic E-state index is 0.142. The van der Waals surface area contributed by atoms with Gasteiger partial charge in [0, 0.05) is 12.1 Å². The van der Waals surface area contributed by atoms with E-state index in [4.69, 9.17) is 0 Å². The zero-order valence-electron chi connectivity index (χ0n) is 11.1. The summed E-state index contributed by atoms with van der Waals surface area (Å²) in [5.74, 6) is 0.115. The molecule has 2 fully saturated rings. The molecule has 0 amide bonds. The van der Waals surface area contributed by atoms with Crippen molar-refractivity contribution in [1.29, 1.82) is 0 Å². The standard InChI is InChI=1S/C14H25NO2/c1-3-11-5-4-6-12(9-11)15-8-7-13(10(15)2)14(16)17/h10-13H,3-9H2,1-2H3,(H,16,17). The van der Waals surface area contributed by atoms with Gasteiger partial charge in [-0.15, -0.1) is 0 Å². The van der Waals surface area contributed by atoms with Crippen molar-refractivity contribution in [3.05, 3.63) is 0 Å². The number of likely N-dealkylation sites (tertiary alicyclic amines) is 1. The van der Waals surface area contributed by atoms with Gasteiger partial charge < -0.3 is 5.11 Å². The maximum absolute atomic E-state index is 11.1. The fourth-order valence-electron chi connectivity index (χ4n) is 3.74. The van der Waals surface area contributed by atoms with Gasteiger partial charge in [0.25, 0.3) is 0 Å². The topological polar surface area (TPSA) is 40.5 Å². The van der Waals surface area contributed by atoms with Crippen LogP contribution in [0.15, 0.2) is 0 Å². The average molecular weight is 239 g/mol. The summed E-state index contributed by atoms with van der Waals surface area (Å²) in [5, 5.41) is 9.17. The summed E-state index contributed by atoms with van der Waals surface area (Å²) in [7, 11) is 0. The van der Waals surface area contributed by atoms with Gasteiger partial charge in [-0.25, -0.2) is 0 Å². The Morgan fingerprint density at radius 1 is 1.35 bits per heavy atom. The van der Waals surface area contributed by atoms with Crippen molar-refractivity contribution in [2.75, 3.05) is 6.54 Å². The second-order valence-electron chi connectivity index (χ2n) is 5.81. The van der Waals surface area contributed by atoms with E-state index in [0.717, 1.165) is 18.9 Å². The van der Waals surface area contributed by atoms with Gasteiger partial charge in [0.2, 0.25) is 0 Å². The Hall–Kier alpha value is -0.570. The Kier molecular flexibility index (Phi) is 4.08. The zero-order chi connectivity index (χ0) is 12.4. The molecule has 0 radical (unpaired) electrons. The van der Waals surface area contributed by atoms with Crippen molar-refractivity contribution in [2.24, 2.45) is 11.8 Å². The van der Waals surface area contributed by atoms with Crippen LogP contribution in [0.2, 0.25) is 0 Å². The van der Waals surface area contributed by atoms with Gasteiger partial charge in [0.1, 0.15) is 0 Å². The van der Waals surface area contributed by atoms with Crippen molar-refractivity contribution in [1.82, 2.24) is 4.90 Å². The molecule has 1 heterocycles. The Morgan fingerprint density at radius 3 is 2.71 bits per heavy atom. The van der Waals surface area contributed by atoms with Crippen LogP contribution in [0.25, 0.3) is 0 Å². The SMILES string of the molecule is CCC1CCCC(N2CCC(C(=O)O)C2C)C1. The predicted octanol–water partition coefficient (Wildman–Crippen LogP) is 2.75. The molecule has 17 heavy (non-hydrogen) atoms. The van der Waals surface area contributed by atoms with E-state index in [1.807, 2.05) is 0 Å². The number of hydrogen-bond acceptors (Lipinski definition) is 2. The second kappa shape index (κ2) is 5.38. The van der Waals surface area contributed by atoms with Crippen LogP contribution in [-0.2, 0) is 4.79 Å². The fourth-order valence-corrected chi connectivity index (χ4v) is 3.74. The van der Waals surface area contributed by atoms with Gasteiger partial charge in [-0.2, -0.15) is 0 Å². The first-order valence-electron chi connectivity index (χ1n) is 7.12. The van der Waals surface area contributed by atoms with Crippen LogP contribution in [0.1, 0.15) is 52.4 Å². The minimum atomic E-state index is -0.608. The van der Waals surface area contributed by atoms with Crippen LogP contribution in [-0.4, -0.2) is 34.6 Å². The van der Waals surface area contributed by atoms with E-state index >= 15 is 0 Å². The number of rotatable bonds is 3. The van der Waals surface area contributed by atoms with Crippen LogP contribution >= 0.6 is 0 Å². The summed E-state index contributed by atoms with van der Waals surface area (Å²) in [6, 6.07) is 0.876. The van der Waals surface area contributed by atoms with Crippen LogP contribution in [0.3, 0.4) is 0 Å². The number of carboxylic acid groups (broad SMARTS) is 1. The molecule has 98 valence electrons. The van der Waals surface area contributed by atoms with E-state index in [1.165, 1.54) is 32.1 Å². The van der Waals surface area contributed by atoms with E-state index in [1.54, 1.807) is 0 Å². The Morgan fingerprint density at radius 2 is 2.12 bits per heavy atom. The lowest BCUT2D eigenvalue weighted by Gasteiger charge is -2.37. The molecule has 0 aromatic rings. The third-order valence-corrected chi connectivity index (χ3v) is 4.92. The van der Waals surface area contributed by atoms with Crippen LogP contribution in [0.5, 0.6) is 0 Å². The van der Waals surface area contributed by atoms with E-state index in [-0.39, 0.29) is 12.0 Å². The molecule has 3 heteroatoms. The molecule has 1 saturated carbocycles. The van der Waals surface area contributed by atoms with Crippen LogP contribution in [0, 0.1) is 11.8 Å². The molecule has 3 nitrogen and oxygen atoms in total. The zero-order valence-corrected chi connectivity index (χ0v) is 11.1. The van der Waals surface area contributed by atoms with E-state index < -0.39 is 5.97 Å². The second-order valence-corrected chi connectivity index (χ2v) is 5.81. The summed E-state index contributed by atoms with van der Waals surface area (Å²) in [6.07, 6.45) is 7.37. The van der Waals surface area contributed by atoms with Gasteiger partial charge in [-0.3, -0.25) is 9.69 Å². The average Bonchev–Trinajstić information content (AvgIpc) is 2.71. The summed E-state index contributed by atoms with van der Waals surface area (Å²) in [6.45, 7) is 5.36. The number of carbonyl (C=O) groups is 1. The van der Waals surface area contributed by atoms with Crippen LogP contribution < -0.4 is 0 Å². The maximum atomic E-state index is 11.1. The molecular weight excluding hydrogens is 214 g/mol. The predicted molar refractivity (Wildman–Crippen MR) is 67.9 cm³/mol. The Balaban J connectivity index is 1.96. The third-order valence-electron chi connectivity index (χ3n) is 4.92. The van der Waals surface area contributed by atoms with Gasteiger partial charge in [-0.1, -0.05) is 26.2 Å². The smallest absolute Gasteiger partial charge is 0.308 e. The minimum Gasteiger partial charge on any atom is -0.481 e. The lowest BCUT2D eigenvalue weighted by molar-refractivity contribution is -0.142. The van der Waals surface area contributed by atoms with Gasteiger partial charge in [0.15, 0.2) is 0 Å². The highest BCUT2D eigenvalue weighted by molar-refractivity contribution is 5.71. The molecule has 4 atom stereocenters. The molecule has 1 N–H and O–H groups in total. The fraction of sp³-hybridized carbons (Fsp3) is 0.929. The van der Waals surface area contributed by atoms with Crippen molar-refractivity contribution in [3.63, 3.8) is 0 Å². The van der Waals surface area contributed by atoms with Crippen molar-refractivity contribution < 1.29 is 9.90 Å². The molecule has 0 spiro atoms. The highest BCUT2D eigenvalue weighted by Gasteiger charge is 2.39. The summed E-state index contributed by atoms with van der Waals surface area (Å²) in [4.78, 5) is 13.6. The molecule has 1 aliphatic carbocycles. The first-order valence-corrected chi connectivity index (χ1v) is 7.12. The van der Waals surface area contributed by atoms with E-state index in [0.29, 0.717) is 6.04 Å². The normalized spacial score (nSPS) is 39.4. The maximum Gasteiger partial charge on any atom is 0.308 e. The monoisotopic (exact) mass is 239 g/mol. The molecule has 1 saturated heterocycles. The lowest BCUT2D eigenvalue weighted by atomic mass is 9.83. The molecule has 0 aromatic heterocycles. The molecule has 4 unspecified atom stereocenters. The number of aliphatic carboxylic acids is 1. The Bertz CT molecular complexity index is 279. The van der Waals surface area contributed by atoms with Crippen molar-refractivity contribution in [2.45, 2.75) is 64.5 Å². The largest absolute Gasteiger partial charge is 0.481 e. The van der Waals surface area contributed by atoms with Gasteiger partial charge >= 0.3 is 5.97 Å². The van der Waals surface area contributed by atoms with E-state index in [2.05, 4.69) is 18.7 Å². The molecule has 1 aliphatic heterocycles. The lowest BCUT2D eigenvalue weighted by Crippen LogP contribution is -2.43. The molecule has 0 aromatic carbocycles. The Labute approximate surface area is 104 Å². The summed E-state index contributed by atoms with van der Waals surface area (Å²) in [5.41, 5.74) is 0. The van der Waals surface area contributed by atoms with Crippen LogP contribution in [0.4, 0.5) is 0 Å². The molecule has 2 rings (SSSR count). The molecular formula is C14H25NO2. The highest BCUT2D eigenvalue weighted by atomic mass is 16.4.